The fraction of sp³-hybridized carbons (Fsp3) is 0.889. The van der Waals surface area contributed by atoms with Crippen LogP contribution in [0.1, 0.15) is 81.6 Å². The molecule has 0 radical (unpaired) electrons. The van der Waals surface area contributed by atoms with Gasteiger partial charge in [0.25, 0.3) is 0 Å². The summed E-state index contributed by atoms with van der Waals surface area (Å²) in [4.78, 5) is 44.8. The monoisotopic (exact) mass is 541 g/mol. The largest absolute Gasteiger partial charge is 0.337 e. The molecule has 9 nitrogen and oxygen atoms in total. The van der Waals surface area contributed by atoms with Crippen molar-refractivity contribution in [1.29, 1.82) is 0 Å². The van der Waals surface area contributed by atoms with E-state index in [1.807, 2.05) is 83.5 Å². The van der Waals surface area contributed by atoms with E-state index in [1.54, 1.807) is 0 Å². The summed E-state index contributed by atoms with van der Waals surface area (Å²) in [7, 11) is 3.83. The van der Waals surface area contributed by atoms with Gasteiger partial charge in [0.2, 0.25) is 0 Å². The van der Waals surface area contributed by atoms with Gasteiger partial charge in [-0.25, -0.2) is 0 Å². The molecule has 3 saturated heterocycles. The molecule has 3 aliphatic heterocycles. The molecule has 0 bridgehead atoms. The standard InChI is InChI=1S/C27H48N3O6P/c1-16-19(31)13-22(28(10)25(16,4)5)34-37(35-23-14-20(32)17(2)26(6,7)29(23)11)36-24-15-21(33)18(3)27(8,9)30(24)12/h16-18,22-24H,13-15H2,1-12H3. The molecule has 212 valence electrons. The van der Waals surface area contributed by atoms with Crippen LogP contribution in [-0.2, 0) is 28.0 Å². The van der Waals surface area contributed by atoms with Crippen LogP contribution in [0.25, 0.3) is 0 Å². The third-order valence-electron chi connectivity index (χ3n) is 10.4. The lowest BCUT2D eigenvalue weighted by molar-refractivity contribution is -0.159. The van der Waals surface area contributed by atoms with E-state index in [0.29, 0.717) is 0 Å². The van der Waals surface area contributed by atoms with Crippen LogP contribution < -0.4 is 0 Å². The normalized spacial score (nSPS) is 38.1. The molecule has 10 heteroatoms. The molecular formula is C27H48N3O6P. The predicted molar refractivity (Wildman–Crippen MR) is 143 cm³/mol. The van der Waals surface area contributed by atoms with E-state index in [2.05, 4.69) is 14.7 Å². The first kappa shape index (κ1) is 30.7. The molecular weight excluding hydrogens is 493 g/mol. The fourth-order valence-corrected chi connectivity index (χ4v) is 6.76. The molecule has 0 spiro atoms. The molecule has 3 fully saturated rings. The average Bonchev–Trinajstić information content (AvgIpc) is 2.81. The highest BCUT2D eigenvalue weighted by Crippen LogP contribution is 2.51. The van der Waals surface area contributed by atoms with Crippen LogP contribution in [0.15, 0.2) is 0 Å². The topological polar surface area (TPSA) is 88.6 Å². The van der Waals surface area contributed by atoms with E-state index in [-0.39, 0.29) is 54.4 Å². The second-order valence-electron chi connectivity index (χ2n) is 12.9. The highest BCUT2D eigenvalue weighted by atomic mass is 31.2. The highest BCUT2D eigenvalue weighted by Gasteiger charge is 2.50. The minimum Gasteiger partial charge on any atom is -0.299 e. The fourth-order valence-electron chi connectivity index (χ4n) is 5.37. The van der Waals surface area contributed by atoms with Crippen LogP contribution in [0.3, 0.4) is 0 Å². The molecule has 0 aliphatic carbocycles. The Morgan fingerprint density at radius 3 is 1.00 bits per heavy atom. The second kappa shape index (κ2) is 10.6. The summed E-state index contributed by atoms with van der Waals surface area (Å²) in [6, 6.07) is 0. The van der Waals surface area contributed by atoms with E-state index in [4.69, 9.17) is 13.6 Å². The first-order chi connectivity index (χ1) is 16.8. The SMILES string of the molecule is CC1C(=O)CC(OP(OC2CC(=O)C(C)C(C)(C)N2C)OC2CC(=O)C(C)C(C)(C)N2C)N(C)C1(C)C. The lowest BCUT2D eigenvalue weighted by atomic mass is 9.79. The van der Waals surface area contributed by atoms with Gasteiger partial charge in [-0.3, -0.25) is 42.7 Å². The first-order valence-electron chi connectivity index (χ1n) is 13.4. The van der Waals surface area contributed by atoms with Gasteiger partial charge in [-0.1, -0.05) is 20.8 Å². The molecule has 37 heavy (non-hydrogen) atoms. The maximum Gasteiger partial charge on any atom is 0.337 e. The van der Waals surface area contributed by atoms with Gasteiger partial charge in [-0.15, -0.1) is 0 Å². The molecule has 3 heterocycles. The quantitative estimate of drug-likeness (QED) is 0.459. The van der Waals surface area contributed by atoms with Crippen LogP contribution >= 0.6 is 8.60 Å². The number of rotatable bonds is 6. The lowest BCUT2D eigenvalue weighted by Gasteiger charge is -2.51. The molecule has 3 aliphatic rings. The molecule has 3 rings (SSSR count). The van der Waals surface area contributed by atoms with Crippen LogP contribution in [0.2, 0.25) is 0 Å². The van der Waals surface area contributed by atoms with Gasteiger partial charge in [0.05, 0.1) is 0 Å². The van der Waals surface area contributed by atoms with Gasteiger partial charge in [0, 0.05) is 53.6 Å². The van der Waals surface area contributed by atoms with Crippen LogP contribution in [0.5, 0.6) is 0 Å². The number of nitrogens with zero attached hydrogens (tertiary/aromatic N) is 3. The maximum atomic E-state index is 12.9. The van der Waals surface area contributed by atoms with Crippen molar-refractivity contribution in [3.05, 3.63) is 0 Å². The zero-order valence-corrected chi connectivity index (χ0v) is 25.7. The molecule has 0 aromatic rings. The molecule has 0 N–H and O–H groups in total. The number of likely N-dealkylation sites (tertiary alicyclic amines) is 3. The van der Waals surface area contributed by atoms with E-state index < -0.39 is 43.9 Å². The van der Waals surface area contributed by atoms with E-state index in [9.17, 15) is 14.4 Å². The second-order valence-corrected chi connectivity index (χ2v) is 14.0. The van der Waals surface area contributed by atoms with Gasteiger partial charge in [-0.2, -0.15) is 0 Å². The number of carbonyl (C=O) groups excluding carboxylic acids is 3. The van der Waals surface area contributed by atoms with Gasteiger partial charge >= 0.3 is 8.60 Å². The van der Waals surface area contributed by atoms with Crippen molar-refractivity contribution in [2.75, 3.05) is 21.1 Å². The zero-order chi connectivity index (χ0) is 28.2. The Bertz CT molecular complexity index is 794. The Hall–Kier alpha value is -0.800. The Morgan fingerprint density at radius 2 is 0.784 bits per heavy atom. The van der Waals surface area contributed by atoms with Gasteiger partial charge < -0.3 is 0 Å². The Morgan fingerprint density at radius 1 is 0.568 bits per heavy atom. The Labute approximate surface area is 224 Å². The molecule has 0 amide bonds. The minimum absolute atomic E-state index is 0.128. The van der Waals surface area contributed by atoms with E-state index in [1.165, 1.54) is 0 Å². The number of hydrogen-bond donors (Lipinski definition) is 0. The number of ketones is 3. The van der Waals surface area contributed by atoms with Gasteiger partial charge in [-0.05, 0) is 62.7 Å². The third-order valence-corrected chi connectivity index (χ3v) is 11.6. The van der Waals surface area contributed by atoms with Crippen molar-refractivity contribution in [3.63, 3.8) is 0 Å². The highest BCUT2D eigenvalue weighted by molar-refractivity contribution is 7.41. The van der Waals surface area contributed by atoms with Crippen molar-refractivity contribution in [2.24, 2.45) is 17.8 Å². The summed E-state index contributed by atoms with van der Waals surface area (Å²) in [6.07, 6.45) is -0.974. The zero-order valence-electron chi connectivity index (χ0n) is 24.8. The summed E-state index contributed by atoms with van der Waals surface area (Å²) in [6.45, 7) is 18.0. The summed E-state index contributed by atoms with van der Waals surface area (Å²) < 4.78 is 19.4. The lowest BCUT2D eigenvalue weighted by Crippen LogP contribution is -2.60. The Kier molecular flexibility index (Phi) is 8.84. The summed E-state index contributed by atoms with van der Waals surface area (Å²) >= 11 is 0. The number of carbonyl (C=O) groups is 3. The van der Waals surface area contributed by atoms with Gasteiger partial charge in [0.1, 0.15) is 36.0 Å². The summed E-state index contributed by atoms with van der Waals surface area (Å²) in [5.74, 6) is -0.0359. The van der Waals surface area contributed by atoms with Crippen molar-refractivity contribution in [3.8, 4) is 0 Å². The number of piperidine rings is 3. The number of hydrogen-bond acceptors (Lipinski definition) is 9. The van der Waals surface area contributed by atoms with E-state index in [0.717, 1.165) is 0 Å². The summed E-state index contributed by atoms with van der Waals surface area (Å²) in [5.41, 5.74) is -1.23. The van der Waals surface area contributed by atoms with Crippen molar-refractivity contribution in [1.82, 2.24) is 14.7 Å². The van der Waals surface area contributed by atoms with Crippen LogP contribution in [0.4, 0.5) is 0 Å². The van der Waals surface area contributed by atoms with Gasteiger partial charge in [0.15, 0.2) is 0 Å². The summed E-state index contributed by atoms with van der Waals surface area (Å²) in [5, 5.41) is 0. The minimum atomic E-state index is -2.02. The Balaban J connectivity index is 1.89. The van der Waals surface area contributed by atoms with Crippen molar-refractivity contribution >= 4 is 26.0 Å². The third kappa shape index (κ3) is 5.60. The van der Waals surface area contributed by atoms with Crippen molar-refractivity contribution < 1.29 is 28.0 Å². The molecule has 6 unspecified atom stereocenters. The number of Topliss-reactive ketones (excluding diaryl/α,β-unsaturated/α-hetero) is 3. The van der Waals surface area contributed by atoms with Crippen molar-refractivity contribution in [2.45, 2.75) is 117 Å². The van der Waals surface area contributed by atoms with E-state index >= 15 is 0 Å². The first-order valence-corrected chi connectivity index (χ1v) is 14.5. The molecule has 6 atom stereocenters. The van der Waals surface area contributed by atoms with Crippen LogP contribution in [0, 0.1) is 17.8 Å². The maximum absolute atomic E-state index is 12.9. The average molecular weight is 542 g/mol. The smallest absolute Gasteiger partial charge is 0.299 e. The predicted octanol–water partition coefficient (Wildman–Crippen LogP) is 4.20. The molecule has 0 saturated carbocycles. The van der Waals surface area contributed by atoms with Crippen LogP contribution in [-0.4, -0.2) is 88.5 Å². The molecule has 0 aromatic heterocycles. The molecule has 0 aromatic carbocycles.